The maximum Gasteiger partial charge on any atom is 0.252 e. The van der Waals surface area contributed by atoms with Gasteiger partial charge in [0.2, 0.25) is 5.91 Å². The Morgan fingerprint density at radius 3 is 2.63 bits per heavy atom. The van der Waals surface area contributed by atoms with E-state index in [1.54, 1.807) is 23.9 Å². The first-order valence-corrected chi connectivity index (χ1v) is 6.91. The number of hydrogen-bond acceptors (Lipinski definition) is 4. The third-order valence-corrected chi connectivity index (χ3v) is 3.91. The van der Waals surface area contributed by atoms with Crippen LogP contribution < -0.4 is 5.73 Å². The molecule has 0 aromatic rings. The van der Waals surface area contributed by atoms with Crippen LogP contribution in [0.3, 0.4) is 0 Å². The Labute approximate surface area is 113 Å². The molecule has 2 aliphatic rings. The lowest BCUT2D eigenvalue weighted by Crippen LogP contribution is -2.48. The van der Waals surface area contributed by atoms with Crippen LogP contribution in [0.1, 0.15) is 25.7 Å². The molecule has 2 heterocycles. The SMILES string of the molecule is CN(C)C(=O)C1CCCN1C(=O)C1CCC(CN)O1. The van der Waals surface area contributed by atoms with Crippen molar-refractivity contribution in [1.82, 2.24) is 9.80 Å². The van der Waals surface area contributed by atoms with Gasteiger partial charge in [-0.3, -0.25) is 9.59 Å². The molecule has 2 saturated heterocycles. The van der Waals surface area contributed by atoms with E-state index in [-0.39, 0.29) is 24.0 Å². The molecule has 0 saturated carbocycles. The maximum absolute atomic E-state index is 12.4. The monoisotopic (exact) mass is 269 g/mol. The van der Waals surface area contributed by atoms with E-state index in [1.807, 2.05) is 0 Å². The average molecular weight is 269 g/mol. The van der Waals surface area contributed by atoms with Crippen LogP contribution in [0, 0.1) is 0 Å². The predicted molar refractivity (Wildman–Crippen MR) is 70.4 cm³/mol. The molecule has 0 radical (unpaired) electrons. The summed E-state index contributed by atoms with van der Waals surface area (Å²) in [6, 6.07) is -0.317. The lowest BCUT2D eigenvalue weighted by Gasteiger charge is -2.28. The van der Waals surface area contributed by atoms with Crippen molar-refractivity contribution in [2.24, 2.45) is 5.73 Å². The van der Waals surface area contributed by atoms with Gasteiger partial charge in [0, 0.05) is 27.2 Å². The van der Waals surface area contributed by atoms with Gasteiger partial charge in [0.05, 0.1) is 6.10 Å². The summed E-state index contributed by atoms with van der Waals surface area (Å²) in [6.45, 7) is 1.10. The van der Waals surface area contributed by atoms with E-state index in [4.69, 9.17) is 10.5 Å². The molecule has 0 spiro atoms. The molecule has 0 aliphatic carbocycles. The van der Waals surface area contributed by atoms with E-state index in [1.165, 1.54) is 0 Å². The fourth-order valence-corrected chi connectivity index (χ4v) is 2.83. The number of ether oxygens (including phenoxy) is 1. The van der Waals surface area contributed by atoms with Crippen molar-refractivity contribution in [3.8, 4) is 0 Å². The molecule has 2 amide bonds. The summed E-state index contributed by atoms with van der Waals surface area (Å²) >= 11 is 0. The number of likely N-dealkylation sites (tertiary alicyclic amines) is 1. The Hall–Kier alpha value is -1.14. The first-order chi connectivity index (χ1) is 9.04. The number of hydrogen-bond donors (Lipinski definition) is 1. The van der Waals surface area contributed by atoms with Gasteiger partial charge in [-0.15, -0.1) is 0 Å². The molecule has 0 aromatic carbocycles. The molecule has 0 bridgehead atoms. The van der Waals surface area contributed by atoms with E-state index >= 15 is 0 Å². The van der Waals surface area contributed by atoms with E-state index in [0.717, 1.165) is 19.3 Å². The number of rotatable bonds is 3. The number of nitrogens with zero attached hydrogens (tertiary/aromatic N) is 2. The quantitative estimate of drug-likeness (QED) is 0.754. The minimum Gasteiger partial charge on any atom is -0.364 e. The van der Waals surface area contributed by atoms with Crippen LogP contribution in [0.15, 0.2) is 0 Å². The predicted octanol–water partition coefficient (Wildman–Crippen LogP) is -0.428. The average Bonchev–Trinajstić information content (AvgIpc) is 3.05. The molecule has 2 rings (SSSR count). The van der Waals surface area contributed by atoms with Crippen molar-refractivity contribution in [2.45, 2.75) is 43.9 Å². The first-order valence-electron chi connectivity index (χ1n) is 6.91. The summed E-state index contributed by atoms with van der Waals surface area (Å²) in [6.07, 6.45) is 2.73. The summed E-state index contributed by atoms with van der Waals surface area (Å²) in [4.78, 5) is 27.7. The van der Waals surface area contributed by atoms with Crippen LogP contribution in [0.25, 0.3) is 0 Å². The highest BCUT2D eigenvalue weighted by molar-refractivity contribution is 5.89. The van der Waals surface area contributed by atoms with Gasteiger partial charge in [-0.1, -0.05) is 0 Å². The maximum atomic E-state index is 12.4. The second-order valence-corrected chi connectivity index (χ2v) is 5.48. The van der Waals surface area contributed by atoms with E-state index < -0.39 is 6.10 Å². The summed E-state index contributed by atoms with van der Waals surface area (Å²) in [5.41, 5.74) is 5.55. The van der Waals surface area contributed by atoms with Gasteiger partial charge in [-0.25, -0.2) is 0 Å². The van der Waals surface area contributed by atoms with Crippen molar-refractivity contribution in [2.75, 3.05) is 27.2 Å². The summed E-state index contributed by atoms with van der Waals surface area (Å²) in [5.74, 6) is -0.0483. The highest BCUT2D eigenvalue weighted by Gasteiger charge is 2.40. The number of amides is 2. The Kier molecular flexibility index (Phi) is 4.42. The number of nitrogens with two attached hydrogens (primary N) is 1. The Morgan fingerprint density at radius 2 is 2.05 bits per heavy atom. The van der Waals surface area contributed by atoms with Crippen molar-refractivity contribution in [3.63, 3.8) is 0 Å². The smallest absolute Gasteiger partial charge is 0.252 e. The number of carbonyl (C=O) groups excluding carboxylic acids is 2. The van der Waals surface area contributed by atoms with E-state index in [0.29, 0.717) is 19.5 Å². The van der Waals surface area contributed by atoms with Crippen LogP contribution in [0.4, 0.5) is 0 Å². The molecular weight excluding hydrogens is 246 g/mol. The largest absolute Gasteiger partial charge is 0.364 e. The van der Waals surface area contributed by atoms with Gasteiger partial charge in [-0.05, 0) is 25.7 Å². The molecule has 2 aliphatic heterocycles. The minimum atomic E-state index is -0.413. The Morgan fingerprint density at radius 1 is 1.32 bits per heavy atom. The molecule has 2 N–H and O–H groups in total. The van der Waals surface area contributed by atoms with Crippen molar-refractivity contribution in [3.05, 3.63) is 0 Å². The van der Waals surface area contributed by atoms with E-state index in [2.05, 4.69) is 0 Å². The highest BCUT2D eigenvalue weighted by atomic mass is 16.5. The summed E-state index contributed by atoms with van der Waals surface area (Å²) in [5, 5.41) is 0. The van der Waals surface area contributed by atoms with Gasteiger partial charge >= 0.3 is 0 Å². The Balaban J connectivity index is 2.00. The molecule has 6 heteroatoms. The third kappa shape index (κ3) is 2.90. The number of carbonyl (C=O) groups is 2. The second-order valence-electron chi connectivity index (χ2n) is 5.48. The second kappa shape index (κ2) is 5.88. The molecule has 108 valence electrons. The minimum absolute atomic E-state index is 0.000721. The fraction of sp³-hybridized carbons (Fsp3) is 0.846. The standard InChI is InChI=1S/C13H23N3O3/c1-15(2)12(17)10-4-3-7-16(10)13(18)11-6-5-9(8-14)19-11/h9-11H,3-8,14H2,1-2H3. The van der Waals surface area contributed by atoms with Crippen molar-refractivity contribution >= 4 is 11.8 Å². The molecule has 6 nitrogen and oxygen atoms in total. The lowest BCUT2D eigenvalue weighted by atomic mass is 10.1. The summed E-state index contributed by atoms with van der Waals surface area (Å²) in [7, 11) is 3.44. The zero-order valence-electron chi connectivity index (χ0n) is 11.7. The number of likely N-dealkylation sites (N-methyl/N-ethyl adjacent to an activating group) is 1. The molecular formula is C13H23N3O3. The topological polar surface area (TPSA) is 75.9 Å². The zero-order chi connectivity index (χ0) is 14.0. The fourth-order valence-electron chi connectivity index (χ4n) is 2.83. The summed E-state index contributed by atoms with van der Waals surface area (Å²) < 4.78 is 5.63. The van der Waals surface area contributed by atoms with Gasteiger partial charge < -0.3 is 20.3 Å². The van der Waals surface area contributed by atoms with Crippen molar-refractivity contribution in [1.29, 1.82) is 0 Å². The molecule has 2 fully saturated rings. The van der Waals surface area contributed by atoms with Crippen molar-refractivity contribution < 1.29 is 14.3 Å². The van der Waals surface area contributed by atoms with Crippen LogP contribution >= 0.6 is 0 Å². The van der Waals surface area contributed by atoms with Gasteiger partial charge in [-0.2, -0.15) is 0 Å². The lowest BCUT2D eigenvalue weighted by molar-refractivity contribution is -0.149. The molecule has 3 unspecified atom stereocenters. The van der Waals surface area contributed by atoms with Crippen LogP contribution in [-0.2, 0) is 14.3 Å². The van der Waals surface area contributed by atoms with Gasteiger partial charge in [0.1, 0.15) is 12.1 Å². The van der Waals surface area contributed by atoms with Gasteiger partial charge in [0.15, 0.2) is 0 Å². The molecule has 3 atom stereocenters. The Bertz CT molecular complexity index is 359. The third-order valence-electron chi connectivity index (χ3n) is 3.91. The highest BCUT2D eigenvalue weighted by Crippen LogP contribution is 2.25. The zero-order valence-corrected chi connectivity index (χ0v) is 11.7. The van der Waals surface area contributed by atoms with Crippen LogP contribution in [-0.4, -0.2) is 67.0 Å². The van der Waals surface area contributed by atoms with Crippen LogP contribution in [0.5, 0.6) is 0 Å². The first kappa shape index (κ1) is 14.3. The molecule has 19 heavy (non-hydrogen) atoms. The normalized spacial score (nSPS) is 30.7. The van der Waals surface area contributed by atoms with E-state index in [9.17, 15) is 9.59 Å². The van der Waals surface area contributed by atoms with Gasteiger partial charge in [0.25, 0.3) is 5.91 Å². The van der Waals surface area contributed by atoms with Crippen LogP contribution in [0.2, 0.25) is 0 Å². The molecule has 0 aromatic heterocycles.